The zero-order valence-electron chi connectivity index (χ0n) is 11.1. The van der Waals surface area contributed by atoms with E-state index in [2.05, 4.69) is 32.2 Å². The minimum absolute atomic E-state index is 0.474. The van der Waals surface area contributed by atoms with E-state index in [9.17, 15) is 0 Å². The monoisotopic (exact) mass is 236 g/mol. The molecule has 17 heavy (non-hydrogen) atoms. The molecule has 1 aromatic rings. The lowest BCUT2D eigenvalue weighted by atomic mass is 10.1. The number of nitrogen functional groups attached to an aromatic ring is 1. The van der Waals surface area contributed by atoms with Crippen molar-refractivity contribution < 1.29 is 4.74 Å². The van der Waals surface area contributed by atoms with E-state index in [0.29, 0.717) is 6.04 Å². The molecule has 1 atom stereocenters. The van der Waals surface area contributed by atoms with Gasteiger partial charge in [-0.25, -0.2) is 0 Å². The Kier molecular flexibility index (Phi) is 5.84. The van der Waals surface area contributed by atoms with E-state index >= 15 is 0 Å². The van der Waals surface area contributed by atoms with Crippen LogP contribution in [0.25, 0.3) is 0 Å². The summed E-state index contributed by atoms with van der Waals surface area (Å²) in [6.07, 6.45) is 1.99. The molecule has 3 nitrogen and oxygen atoms in total. The molecule has 0 saturated heterocycles. The smallest absolute Gasteiger partial charge is 0.142 e. The highest BCUT2D eigenvalue weighted by Crippen LogP contribution is 2.23. The molecule has 0 aliphatic rings. The van der Waals surface area contributed by atoms with Crippen molar-refractivity contribution in [1.29, 1.82) is 0 Å². The lowest BCUT2D eigenvalue weighted by molar-refractivity contribution is 0.319. The molecule has 0 heterocycles. The van der Waals surface area contributed by atoms with Crippen molar-refractivity contribution in [2.24, 2.45) is 0 Å². The van der Waals surface area contributed by atoms with Crippen LogP contribution in [0.2, 0.25) is 0 Å². The normalized spacial score (nSPS) is 12.4. The van der Waals surface area contributed by atoms with Gasteiger partial charge in [-0.3, -0.25) is 0 Å². The fraction of sp³-hybridized carbons (Fsp3) is 0.571. The molecule has 0 aromatic heterocycles. The number of anilines is 1. The number of nitrogens with one attached hydrogen (secondary N) is 1. The van der Waals surface area contributed by atoms with Crippen molar-refractivity contribution >= 4 is 5.69 Å². The number of rotatable bonds is 7. The van der Waals surface area contributed by atoms with Gasteiger partial charge in [-0.1, -0.05) is 19.9 Å². The maximum atomic E-state index is 5.97. The van der Waals surface area contributed by atoms with Gasteiger partial charge in [-0.2, -0.15) is 0 Å². The van der Waals surface area contributed by atoms with Gasteiger partial charge in [0, 0.05) is 6.04 Å². The fourth-order valence-corrected chi connectivity index (χ4v) is 1.84. The molecule has 1 rings (SSSR count). The van der Waals surface area contributed by atoms with E-state index in [4.69, 9.17) is 10.5 Å². The maximum Gasteiger partial charge on any atom is 0.142 e. The predicted octanol–water partition coefficient (Wildman–Crippen LogP) is 2.60. The molecule has 0 fully saturated rings. The van der Waals surface area contributed by atoms with E-state index in [1.54, 1.807) is 0 Å². The van der Waals surface area contributed by atoms with Crippen LogP contribution in [0.3, 0.4) is 0 Å². The van der Waals surface area contributed by atoms with Crippen LogP contribution >= 0.6 is 0 Å². The molecular formula is C14H24N2O. The van der Waals surface area contributed by atoms with Gasteiger partial charge in [0.25, 0.3) is 0 Å². The largest absolute Gasteiger partial charge is 0.491 e. The Hall–Kier alpha value is -1.22. The molecule has 0 aliphatic heterocycles. The van der Waals surface area contributed by atoms with Crippen LogP contribution in [0.1, 0.15) is 32.8 Å². The number of likely N-dealkylation sites (N-methyl/N-ethyl adjacent to an activating group) is 1. The summed E-state index contributed by atoms with van der Waals surface area (Å²) in [6.45, 7) is 8.10. The van der Waals surface area contributed by atoms with Crippen molar-refractivity contribution in [1.82, 2.24) is 5.32 Å². The molecule has 0 radical (unpaired) electrons. The summed E-state index contributed by atoms with van der Waals surface area (Å²) in [4.78, 5) is 0. The molecule has 0 amide bonds. The van der Waals surface area contributed by atoms with Gasteiger partial charge in [0.05, 0.1) is 12.3 Å². The fourth-order valence-electron chi connectivity index (χ4n) is 1.84. The van der Waals surface area contributed by atoms with Crippen LogP contribution in [-0.4, -0.2) is 19.2 Å². The minimum Gasteiger partial charge on any atom is -0.491 e. The predicted molar refractivity (Wildman–Crippen MR) is 73.5 cm³/mol. The maximum absolute atomic E-state index is 5.97. The summed E-state index contributed by atoms with van der Waals surface area (Å²) in [5, 5.41) is 3.39. The van der Waals surface area contributed by atoms with Gasteiger partial charge in [0.1, 0.15) is 5.75 Å². The molecule has 1 unspecified atom stereocenters. The van der Waals surface area contributed by atoms with E-state index < -0.39 is 0 Å². The third-order valence-electron chi connectivity index (χ3n) is 2.63. The van der Waals surface area contributed by atoms with Crippen LogP contribution in [0.4, 0.5) is 5.69 Å². The Bertz CT molecular complexity index is 339. The molecule has 96 valence electrons. The zero-order chi connectivity index (χ0) is 12.7. The van der Waals surface area contributed by atoms with Crippen LogP contribution < -0.4 is 15.8 Å². The van der Waals surface area contributed by atoms with Gasteiger partial charge in [-0.05, 0) is 44.0 Å². The van der Waals surface area contributed by atoms with Gasteiger partial charge in [0.15, 0.2) is 0 Å². The lowest BCUT2D eigenvalue weighted by Crippen LogP contribution is -2.27. The van der Waals surface area contributed by atoms with Crippen LogP contribution in [-0.2, 0) is 6.42 Å². The highest BCUT2D eigenvalue weighted by molar-refractivity contribution is 5.54. The van der Waals surface area contributed by atoms with Crippen molar-refractivity contribution in [2.45, 2.75) is 39.7 Å². The van der Waals surface area contributed by atoms with Gasteiger partial charge < -0.3 is 15.8 Å². The van der Waals surface area contributed by atoms with Crippen LogP contribution in [0.15, 0.2) is 18.2 Å². The molecular weight excluding hydrogens is 212 g/mol. The molecule has 0 aliphatic carbocycles. The first-order valence-electron chi connectivity index (χ1n) is 6.42. The average Bonchev–Trinajstić information content (AvgIpc) is 2.28. The molecule has 1 aromatic carbocycles. The number of hydrogen-bond donors (Lipinski definition) is 2. The first kappa shape index (κ1) is 13.8. The highest BCUT2D eigenvalue weighted by atomic mass is 16.5. The second kappa shape index (κ2) is 7.17. The minimum atomic E-state index is 0.474. The molecule has 0 saturated carbocycles. The number of hydrogen-bond acceptors (Lipinski definition) is 3. The van der Waals surface area contributed by atoms with Crippen LogP contribution in [0.5, 0.6) is 5.75 Å². The second-order valence-electron chi connectivity index (χ2n) is 4.38. The average molecular weight is 236 g/mol. The van der Waals surface area contributed by atoms with Crippen LogP contribution in [0, 0.1) is 0 Å². The van der Waals surface area contributed by atoms with Gasteiger partial charge in [-0.15, -0.1) is 0 Å². The van der Waals surface area contributed by atoms with Crippen molar-refractivity contribution in [3.8, 4) is 5.75 Å². The molecule has 0 spiro atoms. The third kappa shape index (κ3) is 4.65. The molecule has 3 heteroatoms. The highest BCUT2D eigenvalue weighted by Gasteiger charge is 2.05. The van der Waals surface area contributed by atoms with Crippen molar-refractivity contribution in [3.63, 3.8) is 0 Å². The van der Waals surface area contributed by atoms with E-state index in [-0.39, 0.29) is 0 Å². The van der Waals surface area contributed by atoms with E-state index in [0.717, 1.165) is 37.4 Å². The Balaban J connectivity index is 2.61. The number of benzene rings is 1. The standard InChI is InChI=1S/C14H24N2O/c1-4-8-17-14-7-6-12(10-13(14)15)9-11(3)16-5-2/h6-7,10-11,16H,4-5,8-9,15H2,1-3H3. The summed E-state index contributed by atoms with van der Waals surface area (Å²) in [5.74, 6) is 0.798. The number of ether oxygens (including phenoxy) is 1. The molecule has 3 N–H and O–H groups in total. The lowest BCUT2D eigenvalue weighted by Gasteiger charge is -2.14. The summed E-state index contributed by atoms with van der Waals surface area (Å²) in [5.41, 5.74) is 7.95. The Morgan fingerprint density at radius 2 is 2.12 bits per heavy atom. The van der Waals surface area contributed by atoms with E-state index in [1.807, 2.05) is 12.1 Å². The van der Waals surface area contributed by atoms with Gasteiger partial charge >= 0.3 is 0 Å². The topological polar surface area (TPSA) is 47.3 Å². The summed E-state index contributed by atoms with van der Waals surface area (Å²) in [6, 6.07) is 6.55. The van der Waals surface area contributed by atoms with E-state index in [1.165, 1.54) is 5.56 Å². The summed E-state index contributed by atoms with van der Waals surface area (Å²) >= 11 is 0. The third-order valence-corrected chi connectivity index (χ3v) is 2.63. The van der Waals surface area contributed by atoms with Gasteiger partial charge in [0.2, 0.25) is 0 Å². The Labute approximate surface area is 104 Å². The number of nitrogens with two attached hydrogens (primary N) is 1. The Morgan fingerprint density at radius 3 is 2.71 bits per heavy atom. The Morgan fingerprint density at radius 1 is 1.35 bits per heavy atom. The van der Waals surface area contributed by atoms with Crippen molar-refractivity contribution in [2.75, 3.05) is 18.9 Å². The molecule has 0 bridgehead atoms. The first-order chi connectivity index (χ1) is 8.17. The van der Waals surface area contributed by atoms with Crippen molar-refractivity contribution in [3.05, 3.63) is 23.8 Å². The SMILES string of the molecule is CCCOc1ccc(CC(C)NCC)cc1N. The first-order valence-corrected chi connectivity index (χ1v) is 6.42. The summed E-state index contributed by atoms with van der Waals surface area (Å²) < 4.78 is 5.55. The quantitative estimate of drug-likeness (QED) is 0.715. The zero-order valence-corrected chi connectivity index (χ0v) is 11.1. The second-order valence-corrected chi connectivity index (χ2v) is 4.38. The summed E-state index contributed by atoms with van der Waals surface area (Å²) in [7, 11) is 0.